The molecule has 0 spiro atoms. The van der Waals surface area contributed by atoms with E-state index in [1.807, 2.05) is 19.9 Å². The molecule has 1 saturated heterocycles. The average molecular weight is 368 g/mol. The van der Waals surface area contributed by atoms with Crippen LogP contribution >= 0.6 is 0 Å². The van der Waals surface area contributed by atoms with Gasteiger partial charge in [0.05, 0.1) is 18.9 Å². The van der Waals surface area contributed by atoms with Crippen LogP contribution in [0.2, 0.25) is 0 Å². The Morgan fingerprint density at radius 1 is 1.22 bits per heavy atom. The molecule has 1 aromatic heterocycles. The van der Waals surface area contributed by atoms with E-state index < -0.39 is 0 Å². The van der Waals surface area contributed by atoms with Gasteiger partial charge >= 0.3 is 0 Å². The van der Waals surface area contributed by atoms with Crippen LogP contribution in [-0.4, -0.2) is 46.7 Å². The Kier molecular flexibility index (Phi) is 5.71. The Bertz CT molecular complexity index is 910. The number of morpholine rings is 1. The summed E-state index contributed by atoms with van der Waals surface area (Å²) in [4.78, 5) is 31.1. The first-order valence-corrected chi connectivity index (χ1v) is 8.94. The number of aromatic nitrogens is 2. The molecule has 7 nitrogen and oxygen atoms in total. The molecule has 3 rings (SSSR count). The predicted octanol–water partition coefficient (Wildman–Crippen LogP) is 2.42. The maximum atomic E-state index is 12.5. The van der Waals surface area contributed by atoms with Crippen molar-refractivity contribution < 1.29 is 9.53 Å². The fourth-order valence-corrected chi connectivity index (χ4v) is 2.81. The lowest BCUT2D eigenvalue weighted by Crippen LogP contribution is -2.40. The van der Waals surface area contributed by atoms with E-state index in [1.54, 1.807) is 42.4 Å². The standard InChI is InChI=1S/C20H24N4O3/c1-4-14(2)17-13-23(3)20(26)18(22-17)21-16-7-5-15(6-8-16)19(25)24-9-11-27-12-10-24/h4-8,13H,9-12H2,1-3H3,(H,21,22). The third-order valence-corrected chi connectivity index (χ3v) is 4.60. The van der Waals surface area contributed by atoms with Gasteiger partial charge in [-0.2, -0.15) is 0 Å². The second-order valence-electron chi connectivity index (χ2n) is 6.47. The van der Waals surface area contributed by atoms with Gasteiger partial charge in [-0.05, 0) is 43.7 Å². The molecule has 27 heavy (non-hydrogen) atoms. The third-order valence-electron chi connectivity index (χ3n) is 4.60. The fourth-order valence-electron chi connectivity index (χ4n) is 2.81. The van der Waals surface area contributed by atoms with Gasteiger partial charge in [0.1, 0.15) is 0 Å². The van der Waals surface area contributed by atoms with Gasteiger partial charge in [0.2, 0.25) is 0 Å². The van der Waals surface area contributed by atoms with Crippen molar-refractivity contribution in [1.82, 2.24) is 14.5 Å². The third kappa shape index (κ3) is 4.25. The van der Waals surface area contributed by atoms with E-state index in [0.717, 1.165) is 11.3 Å². The first-order valence-electron chi connectivity index (χ1n) is 8.94. The van der Waals surface area contributed by atoms with Gasteiger partial charge in [0, 0.05) is 37.6 Å². The minimum Gasteiger partial charge on any atom is -0.378 e. The van der Waals surface area contributed by atoms with Gasteiger partial charge in [-0.1, -0.05) is 6.08 Å². The number of hydrogen-bond acceptors (Lipinski definition) is 5. The van der Waals surface area contributed by atoms with Crippen molar-refractivity contribution in [2.24, 2.45) is 7.05 Å². The number of aryl methyl sites for hydroxylation is 1. The largest absolute Gasteiger partial charge is 0.378 e. The van der Waals surface area contributed by atoms with E-state index in [1.165, 1.54) is 4.57 Å². The molecule has 1 aliphatic rings. The SMILES string of the molecule is CC=C(C)c1cn(C)c(=O)c(Nc2ccc(C(=O)N3CCOCC3)cc2)n1. The van der Waals surface area contributed by atoms with Crippen molar-refractivity contribution in [2.75, 3.05) is 31.6 Å². The number of rotatable bonds is 4. The number of nitrogens with zero attached hydrogens (tertiary/aromatic N) is 3. The Morgan fingerprint density at radius 2 is 1.89 bits per heavy atom. The van der Waals surface area contributed by atoms with Crippen LogP contribution in [0.15, 0.2) is 41.3 Å². The quantitative estimate of drug-likeness (QED) is 0.897. The minimum absolute atomic E-state index is 0.00964. The van der Waals surface area contributed by atoms with Crippen LogP contribution in [0.25, 0.3) is 5.57 Å². The molecule has 0 atom stereocenters. The van der Waals surface area contributed by atoms with Crippen molar-refractivity contribution in [1.29, 1.82) is 0 Å². The number of hydrogen-bond donors (Lipinski definition) is 1. The highest BCUT2D eigenvalue weighted by Gasteiger charge is 2.18. The molecule has 2 aromatic rings. The second kappa shape index (κ2) is 8.18. The number of carbonyl (C=O) groups is 1. The number of anilines is 2. The molecule has 1 aromatic carbocycles. The number of allylic oxidation sites excluding steroid dienone is 2. The zero-order valence-electron chi connectivity index (χ0n) is 15.9. The maximum absolute atomic E-state index is 12.5. The highest BCUT2D eigenvalue weighted by Crippen LogP contribution is 2.17. The summed E-state index contributed by atoms with van der Waals surface area (Å²) in [6.45, 7) is 6.23. The molecule has 7 heteroatoms. The monoisotopic (exact) mass is 368 g/mol. The summed E-state index contributed by atoms with van der Waals surface area (Å²) in [6, 6.07) is 7.07. The van der Waals surface area contributed by atoms with Crippen molar-refractivity contribution in [3.8, 4) is 0 Å². The van der Waals surface area contributed by atoms with Crippen LogP contribution in [0.1, 0.15) is 29.9 Å². The number of nitrogens with one attached hydrogen (secondary N) is 1. The molecule has 1 N–H and O–H groups in total. The van der Waals surface area contributed by atoms with Crippen molar-refractivity contribution >= 4 is 23.0 Å². The van der Waals surface area contributed by atoms with E-state index in [9.17, 15) is 9.59 Å². The summed E-state index contributed by atoms with van der Waals surface area (Å²) < 4.78 is 6.79. The Morgan fingerprint density at radius 3 is 2.52 bits per heavy atom. The topological polar surface area (TPSA) is 76.5 Å². The molecule has 1 aliphatic heterocycles. The molecule has 1 fully saturated rings. The van der Waals surface area contributed by atoms with E-state index in [4.69, 9.17) is 4.74 Å². The van der Waals surface area contributed by atoms with E-state index in [2.05, 4.69) is 10.3 Å². The van der Waals surface area contributed by atoms with E-state index in [-0.39, 0.29) is 17.3 Å². The molecule has 0 bridgehead atoms. The zero-order valence-corrected chi connectivity index (χ0v) is 15.9. The van der Waals surface area contributed by atoms with E-state index >= 15 is 0 Å². The van der Waals surface area contributed by atoms with Crippen molar-refractivity contribution in [2.45, 2.75) is 13.8 Å². The number of benzene rings is 1. The lowest BCUT2D eigenvalue weighted by molar-refractivity contribution is 0.0303. The fraction of sp³-hybridized carbons (Fsp3) is 0.350. The summed E-state index contributed by atoms with van der Waals surface area (Å²) in [7, 11) is 1.70. The van der Waals surface area contributed by atoms with Gasteiger partial charge in [0.15, 0.2) is 5.82 Å². The van der Waals surface area contributed by atoms with Crippen LogP contribution in [0, 0.1) is 0 Å². The van der Waals surface area contributed by atoms with Crippen LogP contribution in [-0.2, 0) is 11.8 Å². The smallest absolute Gasteiger partial charge is 0.293 e. The summed E-state index contributed by atoms with van der Waals surface area (Å²) >= 11 is 0. The molecular weight excluding hydrogens is 344 g/mol. The lowest BCUT2D eigenvalue weighted by atomic mass is 10.1. The number of amides is 1. The van der Waals surface area contributed by atoms with Gasteiger partial charge in [-0.3, -0.25) is 9.59 Å². The number of ether oxygens (including phenoxy) is 1. The highest BCUT2D eigenvalue weighted by molar-refractivity contribution is 5.94. The molecule has 0 aliphatic carbocycles. The molecular formula is C20H24N4O3. The van der Waals surface area contributed by atoms with Crippen LogP contribution in [0.5, 0.6) is 0 Å². The van der Waals surface area contributed by atoms with E-state index in [0.29, 0.717) is 37.6 Å². The first kappa shape index (κ1) is 18.8. The zero-order chi connectivity index (χ0) is 19.4. The molecule has 142 valence electrons. The van der Waals surface area contributed by atoms with Gasteiger partial charge in [-0.15, -0.1) is 0 Å². The highest BCUT2D eigenvalue weighted by atomic mass is 16.5. The van der Waals surface area contributed by atoms with Crippen LogP contribution in [0.3, 0.4) is 0 Å². The average Bonchev–Trinajstić information content (AvgIpc) is 2.71. The lowest BCUT2D eigenvalue weighted by Gasteiger charge is -2.26. The summed E-state index contributed by atoms with van der Waals surface area (Å²) in [5.41, 5.74) is 2.83. The predicted molar refractivity (Wildman–Crippen MR) is 105 cm³/mol. The molecule has 0 saturated carbocycles. The number of carbonyl (C=O) groups excluding carboxylic acids is 1. The maximum Gasteiger partial charge on any atom is 0.293 e. The van der Waals surface area contributed by atoms with Crippen molar-refractivity contribution in [3.63, 3.8) is 0 Å². The molecule has 1 amide bonds. The normalized spacial score (nSPS) is 14.9. The first-order chi connectivity index (χ1) is 13.0. The second-order valence-corrected chi connectivity index (χ2v) is 6.47. The Labute approximate surface area is 158 Å². The molecule has 0 radical (unpaired) electrons. The summed E-state index contributed by atoms with van der Waals surface area (Å²) in [5.74, 6) is 0.244. The van der Waals surface area contributed by atoms with Crippen LogP contribution < -0.4 is 10.9 Å². The Hall–Kier alpha value is -2.93. The van der Waals surface area contributed by atoms with Crippen LogP contribution in [0.4, 0.5) is 11.5 Å². The van der Waals surface area contributed by atoms with Crippen molar-refractivity contribution in [3.05, 3.63) is 58.1 Å². The van der Waals surface area contributed by atoms with Gasteiger partial charge in [-0.25, -0.2) is 4.98 Å². The Balaban J connectivity index is 1.79. The summed E-state index contributed by atoms with van der Waals surface area (Å²) in [6.07, 6.45) is 3.66. The minimum atomic E-state index is -0.212. The van der Waals surface area contributed by atoms with Gasteiger partial charge < -0.3 is 19.5 Å². The van der Waals surface area contributed by atoms with Gasteiger partial charge in [0.25, 0.3) is 11.5 Å². The molecule has 2 heterocycles. The summed E-state index contributed by atoms with van der Waals surface area (Å²) in [5, 5.41) is 3.06. The molecule has 0 unspecified atom stereocenters.